The SMILES string of the molecule is CCC(C)SCC1CNC1. The van der Waals surface area contributed by atoms with Crippen LogP contribution >= 0.6 is 11.8 Å². The molecule has 0 amide bonds. The van der Waals surface area contributed by atoms with Crippen LogP contribution in [0.15, 0.2) is 0 Å². The highest BCUT2D eigenvalue weighted by atomic mass is 32.2. The molecule has 60 valence electrons. The van der Waals surface area contributed by atoms with Crippen molar-refractivity contribution in [2.24, 2.45) is 5.92 Å². The lowest BCUT2D eigenvalue weighted by atomic mass is 10.1. The van der Waals surface area contributed by atoms with E-state index in [2.05, 4.69) is 30.9 Å². The van der Waals surface area contributed by atoms with E-state index in [0.717, 1.165) is 11.2 Å². The molecule has 1 aliphatic rings. The normalized spacial score (nSPS) is 22.2. The van der Waals surface area contributed by atoms with Gasteiger partial charge in [-0.1, -0.05) is 13.8 Å². The smallest absolute Gasteiger partial charge is 0.00162 e. The lowest BCUT2D eigenvalue weighted by molar-refractivity contribution is 0.385. The highest BCUT2D eigenvalue weighted by molar-refractivity contribution is 7.99. The summed E-state index contributed by atoms with van der Waals surface area (Å²) in [4.78, 5) is 0. The molecule has 1 N–H and O–H groups in total. The maximum Gasteiger partial charge on any atom is 0.00162 e. The van der Waals surface area contributed by atoms with E-state index in [1.807, 2.05) is 0 Å². The van der Waals surface area contributed by atoms with E-state index in [1.54, 1.807) is 0 Å². The van der Waals surface area contributed by atoms with Crippen LogP contribution in [0.3, 0.4) is 0 Å². The maximum absolute atomic E-state index is 3.29. The first-order chi connectivity index (χ1) is 4.83. The molecule has 1 nitrogen and oxygen atoms in total. The van der Waals surface area contributed by atoms with Gasteiger partial charge in [-0.3, -0.25) is 0 Å². The second-order valence-electron chi connectivity index (χ2n) is 3.08. The minimum atomic E-state index is 0.862. The molecule has 0 aromatic carbocycles. The fourth-order valence-corrected chi connectivity index (χ4v) is 1.96. The third kappa shape index (κ3) is 2.51. The molecular weight excluding hydrogens is 142 g/mol. The first kappa shape index (κ1) is 8.41. The van der Waals surface area contributed by atoms with E-state index in [4.69, 9.17) is 0 Å². The summed E-state index contributed by atoms with van der Waals surface area (Å²) in [6.45, 7) is 7.08. The van der Waals surface area contributed by atoms with Crippen LogP contribution in [0, 0.1) is 5.92 Å². The zero-order valence-electron chi connectivity index (χ0n) is 6.89. The molecule has 1 rings (SSSR count). The summed E-state index contributed by atoms with van der Waals surface area (Å²) >= 11 is 2.12. The molecule has 1 heterocycles. The molecule has 1 aliphatic heterocycles. The maximum atomic E-state index is 3.29. The third-order valence-corrected chi connectivity index (χ3v) is 3.62. The van der Waals surface area contributed by atoms with Gasteiger partial charge in [0.05, 0.1) is 0 Å². The van der Waals surface area contributed by atoms with Crippen molar-refractivity contribution in [3.63, 3.8) is 0 Å². The highest BCUT2D eigenvalue weighted by Gasteiger charge is 2.16. The zero-order valence-corrected chi connectivity index (χ0v) is 7.71. The van der Waals surface area contributed by atoms with E-state index in [0.29, 0.717) is 0 Å². The van der Waals surface area contributed by atoms with Crippen molar-refractivity contribution in [2.45, 2.75) is 25.5 Å². The molecule has 0 aliphatic carbocycles. The predicted octanol–water partition coefficient (Wildman–Crippen LogP) is 1.74. The van der Waals surface area contributed by atoms with Crippen LogP contribution in [0.1, 0.15) is 20.3 Å². The van der Waals surface area contributed by atoms with Gasteiger partial charge in [-0.25, -0.2) is 0 Å². The topological polar surface area (TPSA) is 12.0 Å². The van der Waals surface area contributed by atoms with E-state index in [-0.39, 0.29) is 0 Å². The van der Waals surface area contributed by atoms with Crippen LogP contribution in [0.4, 0.5) is 0 Å². The Bertz CT molecular complexity index is 86.5. The van der Waals surface area contributed by atoms with Gasteiger partial charge in [-0.05, 0) is 31.2 Å². The van der Waals surface area contributed by atoms with Crippen LogP contribution in [0.5, 0.6) is 0 Å². The monoisotopic (exact) mass is 159 g/mol. The van der Waals surface area contributed by atoms with Crippen LogP contribution in [-0.4, -0.2) is 24.1 Å². The van der Waals surface area contributed by atoms with E-state index < -0.39 is 0 Å². The average Bonchev–Trinajstić information content (AvgIpc) is 1.84. The summed E-state index contributed by atoms with van der Waals surface area (Å²) in [5, 5.41) is 4.15. The Hall–Kier alpha value is 0.310. The summed E-state index contributed by atoms with van der Waals surface area (Å²) in [6.07, 6.45) is 1.31. The Balaban J connectivity index is 1.93. The second-order valence-corrected chi connectivity index (χ2v) is 4.55. The molecule has 1 saturated heterocycles. The second kappa shape index (κ2) is 4.24. The predicted molar refractivity (Wildman–Crippen MR) is 48.6 cm³/mol. The summed E-state index contributed by atoms with van der Waals surface area (Å²) in [6, 6.07) is 0. The van der Waals surface area contributed by atoms with E-state index in [9.17, 15) is 0 Å². The molecule has 1 fully saturated rings. The van der Waals surface area contributed by atoms with Crippen LogP contribution in [0.2, 0.25) is 0 Å². The Morgan fingerprint density at radius 1 is 1.60 bits per heavy atom. The Kier molecular flexibility index (Phi) is 3.57. The number of hydrogen-bond donors (Lipinski definition) is 1. The fraction of sp³-hybridized carbons (Fsp3) is 1.00. The Morgan fingerprint density at radius 2 is 2.30 bits per heavy atom. The van der Waals surface area contributed by atoms with Gasteiger partial charge >= 0.3 is 0 Å². The summed E-state index contributed by atoms with van der Waals surface area (Å²) in [5.74, 6) is 2.33. The molecule has 1 unspecified atom stereocenters. The van der Waals surface area contributed by atoms with Gasteiger partial charge in [-0.15, -0.1) is 0 Å². The zero-order chi connectivity index (χ0) is 7.40. The third-order valence-electron chi connectivity index (χ3n) is 2.06. The summed E-state index contributed by atoms with van der Waals surface area (Å²) in [5.41, 5.74) is 0. The lowest BCUT2D eigenvalue weighted by Gasteiger charge is -2.27. The first-order valence-corrected chi connectivity index (χ1v) is 5.20. The molecule has 0 saturated carbocycles. The van der Waals surface area contributed by atoms with Crippen molar-refractivity contribution in [1.82, 2.24) is 5.32 Å². The van der Waals surface area contributed by atoms with Gasteiger partial charge in [-0.2, -0.15) is 11.8 Å². The van der Waals surface area contributed by atoms with Crippen molar-refractivity contribution in [1.29, 1.82) is 0 Å². The van der Waals surface area contributed by atoms with Gasteiger partial charge < -0.3 is 5.32 Å². The molecule has 0 aromatic rings. The van der Waals surface area contributed by atoms with Crippen molar-refractivity contribution < 1.29 is 0 Å². The Morgan fingerprint density at radius 3 is 2.70 bits per heavy atom. The standard InChI is InChI=1S/C8H17NS/c1-3-7(2)10-6-8-4-9-5-8/h7-9H,3-6H2,1-2H3. The van der Waals surface area contributed by atoms with Crippen molar-refractivity contribution in [3.05, 3.63) is 0 Å². The largest absolute Gasteiger partial charge is 0.316 e. The van der Waals surface area contributed by atoms with Crippen molar-refractivity contribution >= 4 is 11.8 Å². The van der Waals surface area contributed by atoms with Gasteiger partial charge in [0, 0.05) is 5.25 Å². The number of nitrogens with one attached hydrogen (secondary N) is 1. The molecule has 2 heteroatoms. The van der Waals surface area contributed by atoms with Crippen molar-refractivity contribution in [2.75, 3.05) is 18.8 Å². The quantitative estimate of drug-likeness (QED) is 0.670. The lowest BCUT2D eigenvalue weighted by Crippen LogP contribution is -2.43. The number of hydrogen-bond acceptors (Lipinski definition) is 2. The first-order valence-electron chi connectivity index (χ1n) is 4.15. The molecule has 10 heavy (non-hydrogen) atoms. The molecular formula is C8H17NS. The van der Waals surface area contributed by atoms with Crippen LogP contribution in [0.25, 0.3) is 0 Å². The van der Waals surface area contributed by atoms with Gasteiger partial charge in [0.2, 0.25) is 0 Å². The summed E-state index contributed by atoms with van der Waals surface area (Å²) < 4.78 is 0. The minimum absolute atomic E-state index is 0.862. The molecule has 0 aromatic heterocycles. The summed E-state index contributed by atoms with van der Waals surface area (Å²) in [7, 11) is 0. The van der Waals surface area contributed by atoms with Crippen molar-refractivity contribution in [3.8, 4) is 0 Å². The van der Waals surface area contributed by atoms with Gasteiger partial charge in [0.15, 0.2) is 0 Å². The molecule has 0 radical (unpaired) electrons. The fourth-order valence-electron chi connectivity index (χ4n) is 0.885. The average molecular weight is 159 g/mol. The molecule has 0 bridgehead atoms. The van der Waals surface area contributed by atoms with Crippen LogP contribution < -0.4 is 5.32 Å². The number of thioether (sulfide) groups is 1. The van der Waals surface area contributed by atoms with Gasteiger partial charge in [0.1, 0.15) is 0 Å². The molecule has 0 spiro atoms. The van der Waals surface area contributed by atoms with E-state index >= 15 is 0 Å². The van der Waals surface area contributed by atoms with E-state index in [1.165, 1.54) is 25.3 Å². The number of rotatable bonds is 4. The minimum Gasteiger partial charge on any atom is -0.316 e. The van der Waals surface area contributed by atoms with Crippen LogP contribution in [-0.2, 0) is 0 Å². The van der Waals surface area contributed by atoms with Gasteiger partial charge in [0.25, 0.3) is 0 Å². The Labute approximate surface area is 68.0 Å². The highest BCUT2D eigenvalue weighted by Crippen LogP contribution is 2.18. The molecule has 1 atom stereocenters.